The molecule has 0 bridgehead atoms. The van der Waals surface area contributed by atoms with E-state index in [1.807, 2.05) is 0 Å². The standard InChI is InChI=1S/C21H20Cl2N2O4/c22-13-1-5-15(6-2-13)28-11-19(26)24-21-17-9-25(10-18(17)21)20(27)12-29-16-7-3-14(23)4-8-16/h1-8,17-18,21H,9-12H2,(H,24,26)/t17-,18+,21+. The van der Waals surface area contributed by atoms with Gasteiger partial charge in [-0.05, 0) is 48.5 Å². The maximum Gasteiger partial charge on any atom is 0.260 e. The SMILES string of the molecule is O=C(COc1ccc(Cl)cc1)N[C@H]1[C@@H]2CN(C(=O)COc3ccc(Cl)cc3)C[C@@H]21. The number of carbonyl (C=O) groups is 2. The van der Waals surface area contributed by atoms with Crippen LogP contribution in [0.5, 0.6) is 11.5 Å². The van der Waals surface area contributed by atoms with Crippen molar-refractivity contribution in [1.29, 1.82) is 0 Å². The Labute approximate surface area is 178 Å². The number of ether oxygens (including phenoxy) is 2. The van der Waals surface area contributed by atoms with Gasteiger partial charge in [-0.2, -0.15) is 0 Å². The number of nitrogens with zero attached hydrogens (tertiary/aromatic N) is 1. The first kappa shape index (κ1) is 19.9. The highest BCUT2D eigenvalue weighted by Gasteiger charge is 2.57. The number of carbonyl (C=O) groups excluding carboxylic acids is 2. The summed E-state index contributed by atoms with van der Waals surface area (Å²) in [4.78, 5) is 26.2. The fourth-order valence-electron chi connectivity index (χ4n) is 3.62. The van der Waals surface area contributed by atoms with Crippen LogP contribution in [0.3, 0.4) is 0 Å². The smallest absolute Gasteiger partial charge is 0.260 e. The monoisotopic (exact) mass is 434 g/mol. The molecular weight excluding hydrogens is 415 g/mol. The lowest BCUT2D eigenvalue weighted by atomic mass is 10.3. The lowest BCUT2D eigenvalue weighted by Gasteiger charge is -2.20. The summed E-state index contributed by atoms with van der Waals surface area (Å²) in [5.74, 6) is 1.59. The molecule has 1 saturated heterocycles. The molecule has 8 heteroatoms. The minimum absolute atomic E-state index is 0.00691. The second-order valence-corrected chi connectivity index (χ2v) is 8.08. The van der Waals surface area contributed by atoms with E-state index in [-0.39, 0.29) is 31.1 Å². The van der Waals surface area contributed by atoms with Crippen molar-refractivity contribution in [2.24, 2.45) is 11.8 Å². The van der Waals surface area contributed by atoms with Crippen molar-refractivity contribution in [2.75, 3.05) is 26.3 Å². The molecule has 1 heterocycles. The van der Waals surface area contributed by atoms with Crippen LogP contribution in [-0.4, -0.2) is 49.1 Å². The summed E-state index contributed by atoms with van der Waals surface area (Å²) in [5.41, 5.74) is 0. The van der Waals surface area contributed by atoms with E-state index in [1.54, 1.807) is 53.4 Å². The number of benzene rings is 2. The average molecular weight is 435 g/mol. The van der Waals surface area contributed by atoms with Crippen LogP contribution < -0.4 is 14.8 Å². The lowest BCUT2D eigenvalue weighted by Crippen LogP contribution is -2.40. The van der Waals surface area contributed by atoms with E-state index in [1.165, 1.54) is 0 Å². The minimum atomic E-state index is -0.164. The zero-order valence-electron chi connectivity index (χ0n) is 15.5. The molecule has 0 unspecified atom stereocenters. The summed E-state index contributed by atoms with van der Waals surface area (Å²) < 4.78 is 11.0. The Bertz CT molecular complexity index is 877. The second kappa shape index (κ2) is 8.51. The molecule has 29 heavy (non-hydrogen) atoms. The number of amides is 2. The first-order chi connectivity index (χ1) is 14.0. The van der Waals surface area contributed by atoms with Crippen LogP contribution in [0, 0.1) is 11.8 Å². The van der Waals surface area contributed by atoms with Gasteiger partial charge in [-0.3, -0.25) is 9.59 Å². The van der Waals surface area contributed by atoms with Gasteiger partial charge >= 0.3 is 0 Å². The van der Waals surface area contributed by atoms with E-state index in [0.29, 0.717) is 46.5 Å². The molecule has 152 valence electrons. The van der Waals surface area contributed by atoms with Crippen LogP contribution in [0.1, 0.15) is 0 Å². The molecule has 4 rings (SSSR count). The Kier molecular flexibility index (Phi) is 5.83. The second-order valence-electron chi connectivity index (χ2n) is 7.20. The van der Waals surface area contributed by atoms with Crippen LogP contribution in [-0.2, 0) is 9.59 Å². The molecular formula is C21H20Cl2N2O4. The summed E-state index contributed by atoms with van der Waals surface area (Å²) in [6.45, 7) is 1.22. The van der Waals surface area contributed by atoms with Crippen molar-refractivity contribution in [3.8, 4) is 11.5 Å². The molecule has 1 saturated carbocycles. The van der Waals surface area contributed by atoms with Crippen molar-refractivity contribution in [2.45, 2.75) is 6.04 Å². The van der Waals surface area contributed by atoms with E-state index in [9.17, 15) is 9.59 Å². The first-order valence-electron chi connectivity index (χ1n) is 9.33. The van der Waals surface area contributed by atoms with Gasteiger partial charge in [-0.1, -0.05) is 23.2 Å². The van der Waals surface area contributed by atoms with Crippen LogP contribution >= 0.6 is 23.2 Å². The molecule has 2 amide bonds. The highest BCUT2D eigenvalue weighted by molar-refractivity contribution is 6.30. The molecule has 6 nitrogen and oxygen atoms in total. The summed E-state index contributed by atoms with van der Waals surface area (Å²) in [6, 6.07) is 13.9. The fourth-order valence-corrected chi connectivity index (χ4v) is 3.87. The third kappa shape index (κ3) is 4.95. The van der Waals surface area contributed by atoms with E-state index in [0.717, 1.165) is 0 Å². The minimum Gasteiger partial charge on any atom is -0.484 e. The van der Waals surface area contributed by atoms with Gasteiger partial charge in [0.2, 0.25) is 0 Å². The largest absolute Gasteiger partial charge is 0.484 e. The molecule has 1 aliphatic heterocycles. The van der Waals surface area contributed by atoms with E-state index < -0.39 is 0 Å². The van der Waals surface area contributed by atoms with E-state index in [2.05, 4.69) is 5.32 Å². The molecule has 2 aliphatic rings. The highest BCUT2D eigenvalue weighted by Crippen LogP contribution is 2.45. The Morgan fingerprint density at radius 2 is 1.34 bits per heavy atom. The van der Waals surface area contributed by atoms with Crippen LogP contribution in [0.2, 0.25) is 10.0 Å². The van der Waals surface area contributed by atoms with Crippen molar-refractivity contribution in [3.63, 3.8) is 0 Å². The van der Waals surface area contributed by atoms with Gasteiger partial charge in [0, 0.05) is 41.0 Å². The third-order valence-electron chi connectivity index (χ3n) is 5.23. The van der Waals surface area contributed by atoms with Gasteiger partial charge in [0.25, 0.3) is 11.8 Å². The summed E-state index contributed by atoms with van der Waals surface area (Å²) in [5, 5.41) is 4.22. The summed E-state index contributed by atoms with van der Waals surface area (Å²) in [6.07, 6.45) is 0. The predicted molar refractivity (Wildman–Crippen MR) is 109 cm³/mol. The molecule has 2 aromatic carbocycles. The van der Waals surface area contributed by atoms with Crippen molar-refractivity contribution >= 4 is 35.0 Å². The number of fused-ring (bicyclic) bond motifs is 1. The zero-order chi connectivity index (χ0) is 20.4. The van der Waals surface area contributed by atoms with Gasteiger partial charge in [0.1, 0.15) is 11.5 Å². The van der Waals surface area contributed by atoms with E-state index >= 15 is 0 Å². The number of rotatable bonds is 7. The average Bonchev–Trinajstić information content (AvgIpc) is 3.14. The number of nitrogens with one attached hydrogen (secondary N) is 1. The van der Waals surface area contributed by atoms with Crippen molar-refractivity contribution < 1.29 is 19.1 Å². The topological polar surface area (TPSA) is 67.9 Å². The van der Waals surface area contributed by atoms with Gasteiger partial charge in [0.05, 0.1) is 0 Å². The van der Waals surface area contributed by atoms with E-state index in [4.69, 9.17) is 32.7 Å². The molecule has 3 atom stereocenters. The predicted octanol–water partition coefficient (Wildman–Crippen LogP) is 3.02. The molecule has 1 N–H and O–H groups in total. The highest BCUT2D eigenvalue weighted by atomic mass is 35.5. The maximum absolute atomic E-state index is 12.3. The lowest BCUT2D eigenvalue weighted by molar-refractivity contribution is -0.132. The molecule has 2 fully saturated rings. The first-order valence-corrected chi connectivity index (χ1v) is 10.1. The number of piperidine rings is 1. The molecule has 2 aromatic rings. The maximum atomic E-state index is 12.3. The fraction of sp³-hybridized carbons (Fsp3) is 0.333. The summed E-state index contributed by atoms with van der Waals surface area (Å²) >= 11 is 11.7. The Morgan fingerprint density at radius 1 is 0.862 bits per heavy atom. The zero-order valence-corrected chi connectivity index (χ0v) is 17.0. The Balaban J connectivity index is 1.16. The molecule has 1 aliphatic carbocycles. The number of likely N-dealkylation sites (tertiary alicyclic amines) is 1. The summed E-state index contributed by atoms with van der Waals surface area (Å²) in [7, 11) is 0. The number of hydrogen-bond acceptors (Lipinski definition) is 4. The molecule has 0 radical (unpaired) electrons. The Morgan fingerprint density at radius 3 is 1.86 bits per heavy atom. The molecule has 0 aromatic heterocycles. The van der Waals surface area contributed by atoms with Crippen molar-refractivity contribution in [3.05, 3.63) is 58.6 Å². The quantitative estimate of drug-likeness (QED) is 0.726. The third-order valence-corrected chi connectivity index (χ3v) is 5.74. The molecule has 0 spiro atoms. The van der Waals surface area contributed by atoms with Gasteiger partial charge < -0.3 is 19.7 Å². The van der Waals surface area contributed by atoms with Crippen LogP contribution in [0.25, 0.3) is 0 Å². The van der Waals surface area contributed by atoms with Crippen molar-refractivity contribution in [1.82, 2.24) is 10.2 Å². The normalized spacial score (nSPS) is 22.0. The van der Waals surface area contributed by atoms with Gasteiger partial charge in [-0.15, -0.1) is 0 Å². The van der Waals surface area contributed by atoms with Crippen LogP contribution in [0.4, 0.5) is 0 Å². The Hall–Kier alpha value is -2.44. The number of hydrogen-bond donors (Lipinski definition) is 1. The van der Waals surface area contributed by atoms with Gasteiger partial charge in [0.15, 0.2) is 13.2 Å². The number of halogens is 2. The van der Waals surface area contributed by atoms with Crippen LogP contribution in [0.15, 0.2) is 48.5 Å². The van der Waals surface area contributed by atoms with Gasteiger partial charge in [-0.25, -0.2) is 0 Å².